The molecule has 0 N–H and O–H groups in total. The Kier molecular flexibility index (Phi) is 7.10. The van der Waals surface area contributed by atoms with Gasteiger partial charge in [-0.05, 0) is 67.6 Å². The zero-order valence-corrected chi connectivity index (χ0v) is 15.2. The summed E-state index contributed by atoms with van der Waals surface area (Å²) in [6, 6.07) is 0. The van der Waals surface area contributed by atoms with Crippen LogP contribution in [0.1, 0.15) is 98.3 Å². The van der Waals surface area contributed by atoms with Crippen LogP contribution in [-0.2, 0) is 0 Å². The predicted octanol–water partition coefficient (Wildman–Crippen LogP) is 7.08. The van der Waals surface area contributed by atoms with Crippen molar-refractivity contribution in [2.75, 3.05) is 0 Å². The lowest BCUT2D eigenvalue weighted by molar-refractivity contribution is -0.0297. The summed E-state index contributed by atoms with van der Waals surface area (Å²) in [7, 11) is 0. The molecule has 3 aliphatic carbocycles. The fourth-order valence-corrected chi connectivity index (χ4v) is 6.17. The fraction of sp³-hybridized carbons (Fsp3) is 1.00. The Hall–Kier alpha value is 0. The molecule has 0 aromatic rings. The number of hydrogen-bond donors (Lipinski definition) is 0. The number of fused-ring (bicyclic) bond motifs is 3. The van der Waals surface area contributed by atoms with Crippen LogP contribution in [0.4, 0.5) is 0 Å². The third-order valence-corrected chi connectivity index (χ3v) is 6.96. The van der Waals surface area contributed by atoms with E-state index in [-0.39, 0.29) is 0 Å². The second kappa shape index (κ2) is 8.59. The second-order valence-corrected chi connectivity index (χ2v) is 8.14. The Balaban J connectivity index is 0.000000497. The Bertz CT molecular complexity index is 268. The van der Waals surface area contributed by atoms with Crippen LogP contribution in [0.5, 0.6) is 0 Å². The highest BCUT2D eigenvalue weighted by molar-refractivity contribution is 4.96. The van der Waals surface area contributed by atoms with Crippen LogP contribution < -0.4 is 0 Å². The lowest BCUT2D eigenvalue weighted by Gasteiger charge is -2.53. The maximum atomic E-state index is 2.46. The molecule has 21 heavy (non-hydrogen) atoms. The molecular weight excluding hydrogens is 252 g/mol. The van der Waals surface area contributed by atoms with Crippen molar-refractivity contribution in [1.29, 1.82) is 0 Å². The highest BCUT2D eigenvalue weighted by Crippen LogP contribution is 2.55. The van der Waals surface area contributed by atoms with Crippen molar-refractivity contribution in [2.24, 2.45) is 35.5 Å². The smallest absolute Gasteiger partial charge is 0.0352 e. The Morgan fingerprint density at radius 3 is 1.95 bits per heavy atom. The lowest BCUT2D eigenvalue weighted by atomic mass is 9.53. The summed E-state index contributed by atoms with van der Waals surface area (Å²) in [6.45, 7) is 9.14. The zero-order chi connectivity index (χ0) is 15.2. The van der Waals surface area contributed by atoms with Crippen molar-refractivity contribution in [3.63, 3.8) is 0 Å². The van der Waals surface area contributed by atoms with Gasteiger partial charge in [-0.15, -0.1) is 0 Å². The molecule has 3 rings (SSSR count). The molecule has 0 aromatic carbocycles. The first kappa shape index (κ1) is 17.4. The summed E-state index contributed by atoms with van der Waals surface area (Å²) in [5.74, 6) is 6.68. The molecule has 0 bridgehead atoms. The SMILES string of the molecule is CCC.CCC1CCC2C3CCCCC3CCC2C1CC. The molecule has 0 saturated heterocycles. The first-order chi connectivity index (χ1) is 10.3. The van der Waals surface area contributed by atoms with E-state index in [4.69, 9.17) is 0 Å². The van der Waals surface area contributed by atoms with Gasteiger partial charge in [-0.3, -0.25) is 0 Å². The Labute approximate surface area is 134 Å². The van der Waals surface area contributed by atoms with Crippen LogP contribution in [0.3, 0.4) is 0 Å². The number of rotatable bonds is 2. The van der Waals surface area contributed by atoms with Crippen LogP contribution in [0.2, 0.25) is 0 Å². The molecule has 0 radical (unpaired) electrons. The molecule has 3 saturated carbocycles. The minimum Gasteiger partial charge on any atom is -0.0656 e. The summed E-state index contributed by atoms with van der Waals surface area (Å²) < 4.78 is 0. The maximum absolute atomic E-state index is 2.46. The molecule has 0 amide bonds. The van der Waals surface area contributed by atoms with Gasteiger partial charge in [0, 0.05) is 0 Å². The molecule has 0 aromatic heterocycles. The summed E-state index contributed by atoms with van der Waals surface area (Å²) >= 11 is 0. The molecule has 124 valence electrons. The van der Waals surface area contributed by atoms with E-state index < -0.39 is 0 Å². The first-order valence-corrected chi connectivity index (χ1v) is 10.3. The highest BCUT2D eigenvalue weighted by Gasteiger charge is 2.46. The average Bonchev–Trinajstić information content (AvgIpc) is 2.54. The van der Waals surface area contributed by atoms with E-state index in [0.29, 0.717) is 0 Å². The van der Waals surface area contributed by atoms with E-state index in [1.165, 1.54) is 25.7 Å². The summed E-state index contributed by atoms with van der Waals surface area (Å²) in [5.41, 5.74) is 0. The van der Waals surface area contributed by atoms with Crippen LogP contribution in [0.25, 0.3) is 0 Å². The van der Waals surface area contributed by atoms with E-state index in [0.717, 1.165) is 35.5 Å². The van der Waals surface area contributed by atoms with Crippen LogP contribution in [0.15, 0.2) is 0 Å². The van der Waals surface area contributed by atoms with Crippen molar-refractivity contribution in [3.05, 3.63) is 0 Å². The van der Waals surface area contributed by atoms with Gasteiger partial charge >= 0.3 is 0 Å². The molecule has 0 heterocycles. The van der Waals surface area contributed by atoms with Crippen molar-refractivity contribution >= 4 is 0 Å². The van der Waals surface area contributed by atoms with Crippen LogP contribution >= 0.6 is 0 Å². The lowest BCUT2D eigenvalue weighted by Crippen LogP contribution is -2.44. The van der Waals surface area contributed by atoms with E-state index >= 15 is 0 Å². The molecule has 0 nitrogen and oxygen atoms in total. The molecule has 0 aliphatic heterocycles. The van der Waals surface area contributed by atoms with Crippen LogP contribution in [0, 0.1) is 35.5 Å². The van der Waals surface area contributed by atoms with Gasteiger partial charge in [0.15, 0.2) is 0 Å². The molecule has 6 atom stereocenters. The second-order valence-electron chi connectivity index (χ2n) is 8.14. The van der Waals surface area contributed by atoms with E-state index in [1.807, 2.05) is 0 Å². The summed E-state index contributed by atoms with van der Waals surface area (Å²) in [4.78, 5) is 0. The Morgan fingerprint density at radius 2 is 1.29 bits per heavy atom. The zero-order valence-electron chi connectivity index (χ0n) is 15.2. The van der Waals surface area contributed by atoms with Gasteiger partial charge in [0.1, 0.15) is 0 Å². The molecule has 0 heteroatoms. The molecule has 3 aliphatic rings. The van der Waals surface area contributed by atoms with Gasteiger partial charge in [-0.25, -0.2) is 0 Å². The average molecular weight is 293 g/mol. The molecule has 3 fully saturated rings. The largest absolute Gasteiger partial charge is 0.0656 e. The third-order valence-electron chi connectivity index (χ3n) is 6.96. The monoisotopic (exact) mass is 292 g/mol. The minimum atomic E-state index is 1.07. The Morgan fingerprint density at radius 1 is 0.619 bits per heavy atom. The van der Waals surface area contributed by atoms with E-state index in [9.17, 15) is 0 Å². The van der Waals surface area contributed by atoms with E-state index in [2.05, 4.69) is 27.7 Å². The minimum absolute atomic E-state index is 1.07. The summed E-state index contributed by atoms with van der Waals surface area (Å²) in [6.07, 6.45) is 16.7. The predicted molar refractivity (Wildman–Crippen MR) is 94.4 cm³/mol. The molecule has 0 spiro atoms. The highest BCUT2D eigenvalue weighted by atomic mass is 14.5. The standard InChI is InChI=1S/C18H32.C3H8/c1-3-13-9-11-18-16-8-6-5-7-14(16)10-12-17(18)15(13)4-2;1-3-2/h13-18H,3-12H2,1-2H3;3H2,1-2H3. The number of hydrogen-bond acceptors (Lipinski definition) is 0. The maximum Gasteiger partial charge on any atom is -0.0352 e. The topological polar surface area (TPSA) is 0 Å². The normalized spacial score (nSPS) is 42.3. The molecular formula is C21H40. The van der Waals surface area contributed by atoms with Gasteiger partial charge in [-0.2, -0.15) is 0 Å². The molecule has 6 unspecified atom stereocenters. The third kappa shape index (κ3) is 3.85. The van der Waals surface area contributed by atoms with Gasteiger partial charge in [0.2, 0.25) is 0 Å². The first-order valence-electron chi connectivity index (χ1n) is 10.3. The van der Waals surface area contributed by atoms with Crippen molar-refractivity contribution in [1.82, 2.24) is 0 Å². The van der Waals surface area contributed by atoms with Crippen molar-refractivity contribution < 1.29 is 0 Å². The van der Waals surface area contributed by atoms with Gasteiger partial charge in [-0.1, -0.05) is 66.2 Å². The van der Waals surface area contributed by atoms with Crippen LogP contribution in [-0.4, -0.2) is 0 Å². The van der Waals surface area contributed by atoms with Gasteiger partial charge in [0.25, 0.3) is 0 Å². The fourth-order valence-electron chi connectivity index (χ4n) is 6.17. The van der Waals surface area contributed by atoms with Gasteiger partial charge in [0.05, 0.1) is 0 Å². The quantitative estimate of drug-likeness (QED) is 0.510. The van der Waals surface area contributed by atoms with Crippen molar-refractivity contribution in [2.45, 2.75) is 98.3 Å². The van der Waals surface area contributed by atoms with Gasteiger partial charge < -0.3 is 0 Å². The summed E-state index contributed by atoms with van der Waals surface area (Å²) in [5, 5.41) is 0. The van der Waals surface area contributed by atoms with Crippen molar-refractivity contribution in [3.8, 4) is 0 Å². The van der Waals surface area contributed by atoms with E-state index in [1.54, 1.807) is 44.9 Å².